The number of hydrogen-bond acceptors (Lipinski definition) is 6. The van der Waals surface area contributed by atoms with Crippen LogP contribution in [0, 0.1) is 11.6 Å². The SMILES string of the molecule is CC(C(=O)Nc1ccc(F)c(F)c1)N1CCN(C(C)c2nc(-c3ccc(Cl)cc3)no2)CC1. The number of piperazine rings is 1. The average molecular weight is 476 g/mol. The maximum Gasteiger partial charge on any atom is 0.244 e. The number of amides is 1. The number of aromatic nitrogens is 2. The standard InChI is InChI=1S/C23H24ClF2N5O2/c1-14(22(32)27-18-7-8-19(25)20(26)13-18)30-9-11-31(12-10-30)15(2)23-28-21(29-33-23)16-3-5-17(24)6-4-16/h3-8,13-15H,9-12H2,1-2H3,(H,27,32). The van der Waals surface area contributed by atoms with Crippen molar-refractivity contribution in [3.8, 4) is 11.4 Å². The minimum atomic E-state index is -0.997. The summed E-state index contributed by atoms with van der Waals surface area (Å²) in [7, 11) is 0. The van der Waals surface area contributed by atoms with E-state index in [1.807, 2.05) is 24.0 Å². The molecule has 0 radical (unpaired) electrons. The lowest BCUT2D eigenvalue weighted by Gasteiger charge is -2.39. The summed E-state index contributed by atoms with van der Waals surface area (Å²) in [5, 5.41) is 7.37. The Morgan fingerprint density at radius 2 is 1.70 bits per heavy atom. The van der Waals surface area contributed by atoms with Gasteiger partial charge in [-0.3, -0.25) is 14.6 Å². The predicted octanol–water partition coefficient (Wildman–Crippen LogP) is 4.37. The van der Waals surface area contributed by atoms with E-state index in [9.17, 15) is 13.6 Å². The monoisotopic (exact) mass is 475 g/mol. The quantitative estimate of drug-likeness (QED) is 0.570. The number of nitrogens with zero attached hydrogens (tertiary/aromatic N) is 4. The van der Waals surface area contributed by atoms with Crippen LogP contribution in [0.1, 0.15) is 25.8 Å². The number of carbonyl (C=O) groups is 1. The first-order chi connectivity index (χ1) is 15.8. The lowest BCUT2D eigenvalue weighted by atomic mass is 10.1. The third-order valence-electron chi connectivity index (χ3n) is 5.91. The molecule has 2 unspecified atom stereocenters. The maximum absolute atomic E-state index is 13.4. The fourth-order valence-corrected chi connectivity index (χ4v) is 3.90. The number of halogens is 3. The molecule has 0 saturated carbocycles. The fourth-order valence-electron chi connectivity index (χ4n) is 3.78. The molecular weight excluding hydrogens is 452 g/mol. The van der Waals surface area contributed by atoms with Crippen LogP contribution in [0.25, 0.3) is 11.4 Å². The first kappa shape index (κ1) is 23.3. The van der Waals surface area contributed by atoms with Crippen LogP contribution in [-0.2, 0) is 4.79 Å². The van der Waals surface area contributed by atoms with Crippen LogP contribution in [0.4, 0.5) is 14.5 Å². The van der Waals surface area contributed by atoms with E-state index in [1.165, 1.54) is 6.07 Å². The highest BCUT2D eigenvalue weighted by molar-refractivity contribution is 6.30. The van der Waals surface area contributed by atoms with Gasteiger partial charge in [0, 0.05) is 48.5 Å². The van der Waals surface area contributed by atoms with Crippen molar-refractivity contribution in [1.29, 1.82) is 0 Å². The van der Waals surface area contributed by atoms with Gasteiger partial charge in [-0.1, -0.05) is 16.8 Å². The van der Waals surface area contributed by atoms with Gasteiger partial charge in [0.1, 0.15) is 0 Å². The molecule has 33 heavy (non-hydrogen) atoms. The summed E-state index contributed by atoms with van der Waals surface area (Å²) in [4.78, 5) is 21.4. The zero-order valence-corrected chi connectivity index (χ0v) is 19.0. The van der Waals surface area contributed by atoms with Crippen molar-refractivity contribution in [3.05, 3.63) is 65.0 Å². The van der Waals surface area contributed by atoms with E-state index < -0.39 is 17.7 Å². The van der Waals surface area contributed by atoms with Crippen molar-refractivity contribution in [2.45, 2.75) is 25.9 Å². The minimum absolute atomic E-state index is 0.0768. The predicted molar refractivity (Wildman–Crippen MR) is 121 cm³/mol. The topological polar surface area (TPSA) is 74.5 Å². The molecule has 1 aliphatic rings. The summed E-state index contributed by atoms with van der Waals surface area (Å²) in [6.07, 6.45) is 0. The summed E-state index contributed by atoms with van der Waals surface area (Å²) in [6, 6.07) is 10.0. The molecule has 7 nitrogen and oxygen atoms in total. The molecular formula is C23H24ClF2N5O2. The number of hydrogen-bond donors (Lipinski definition) is 1. The Morgan fingerprint density at radius 3 is 2.36 bits per heavy atom. The molecule has 1 aliphatic heterocycles. The third-order valence-corrected chi connectivity index (χ3v) is 6.16. The van der Waals surface area contributed by atoms with Gasteiger partial charge in [-0.2, -0.15) is 4.98 Å². The number of nitrogens with one attached hydrogen (secondary N) is 1. The van der Waals surface area contributed by atoms with Crippen LogP contribution in [-0.4, -0.2) is 58.1 Å². The summed E-state index contributed by atoms with van der Waals surface area (Å²) in [5.41, 5.74) is 1.05. The number of benzene rings is 2. The van der Waals surface area contributed by atoms with Crippen molar-refractivity contribution in [2.75, 3.05) is 31.5 Å². The van der Waals surface area contributed by atoms with Gasteiger partial charge in [0.15, 0.2) is 11.6 Å². The molecule has 0 aliphatic carbocycles. The molecule has 0 bridgehead atoms. The molecule has 2 atom stereocenters. The van der Waals surface area contributed by atoms with Gasteiger partial charge < -0.3 is 9.84 Å². The molecule has 2 aromatic carbocycles. The average Bonchev–Trinajstić information content (AvgIpc) is 3.31. The van der Waals surface area contributed by atoms with E-state index in [0.717, 1.165) is 17.7 Å². The highest BCUT2D eigenvalue weighted by Crippen LogP contribution is 2.25. The van der Waals surface area contributed by atoms with Gasteiger partial charge in [0.25, 0.3) is 0 Å². The highest BCUT2D eigenvalue weighted by atomic mass is 35.5. The summed E-state index contributed by atoms with van der Waals surface area (Å²) < 4.78 is 32.0. The summed E-state index contributed by atoms with van der Waals surface area (Å²) in [5.74, 6) is -1.18. The van der Waals surface area contributed by atoms with Gasteiger partial charge >= 0.3 is 0 Å². The van der Waals surface area contributed by atoms with Crippen molar-refractivity contribution in [1.82, 2.24) is 19.9 Å². The van der Waals surface area contributed by atoms with E-state index in [-0.39, 0.29) is 17.6 Å². The van der Waals surface area contributed by atoms with Crippen LogP contribution in [0.15, 0.2) is 47.0 Å². The molecule has 2 heterocycles. The van der Waals surface area contributed by atoms with Crippen LogP contribution in [0.5, 0.6) is 0 Å². The molecule has 1 amide bonds. The first-order valence-electron chi connectivity index (χ1n) is 10.7. The molecule has 1 N–H and O–H groups in total. The number of rotatable bonds is 6. The summed E-state index contributed by atoms with van der Waals surface area (Å²) >= 11 is 5.93. The number of anilines is 1. The zero-order valence-electron chi connectivity index (χ0n) is 18.3. The molecule has 1 fully saturated rings. The fraction of sp³-hybridized carbons (Fsp3) is 0.348. The van der Waals surface area contributed by atoms with Gasteiger partial charge in [-0.15, -0.1) is 0 Å². The van der Waals surface area contributed by atoms with Crippen LogP contribution < -0.4 is 5.32 Å². The Bertz CT molecular complexity index is 1120. The smallest absolute Gasteiger partial charge is 0.244 e. The molecule has 174 valence electrons. The summed E-state index contributed by atoms with van der Waals surface area (Å²) in [6.45, 7) is 6.55. The Balaban J connectivity index is 1.32. The van der Waals surface area contributed by atoms with Gasteiger partial charge in [-0.05, 0) is 50.2 Å². The molecule has 1 aromatic heterocycles. The van der Waals surface area contributed by atoms with Crippen molar-refractivity contribution >= 4 is 23.2 Å². The van der Waals surface area contributed by atoms with Crippen molar-refractivity contribution in [2.24, 2.45) is 0 Å². The van der Waals surface area contributed by atoms with Crippen LogP contribution in [0.3, 0.4) is 0 Å². The first-order valence-corrected chi connectivity index (χ1v) is 11.0. The van der Waals surface area contributed by atoms with E-state index in [1.54, 1.807) is 19.1 Å². The third kappa shape index (κ3) is 5.38. The van der Waals surface area contributed by atoms with Gasteiger partial charge in [0.05, 0.1) is 12.1 Å². The second-order valence-corrected chi connectivity index (χ2v) is 8.44. The molecule has 3 aromatic rings. The molecule has 0 spiro atoms. The minimum Gasteiger partial charge on any atom is -0.337 e. The van der Waals surface area contributed by atoms with E-state index in [4.69, 9.17) is 16.1 Å². The van der Waals surface area contributed by atoms with Gasteiger partial charge in [-0.25, -0.2) is 8.78 Å². The highest BCUT2D eigenvalue weighted by Gasteiger charge is 2.30. The normalized spacial score (nSPS) is 17.0. The van der Waals surface area contributed by atoms with Crippen LogP contribution >= 0.6 is 11.6 Å². The number of carbonyl (C=O) groups excluding carboxylic acids is 1. The van der Waals surface area contributed by atoms with Crippen LogP contribution in [0.2, 0.25) is 5.02 Å². The largest absolute Gasteiger partial charge is 0.337 e. The van der Waals surface area contributed by atoms with E-state index in [2.05, 4.69) is 20.4 Å². The lowest BCUT2D eigenvalue weighted by Crippen LogP contribution is -2.53. The maximum atomic E-state index is 13.4. The second kappa shape index (κ2) is 9.94. The Kier molecular flexibility index (Phi) is 7.02. The van der Waals surface area contributed by atoms with E-state index >= 15 is 0 Å². The zero-order chi connectivity index (χ0) is 23.5. The Labute approximate surface area is 195 Å². The second-order valence-electron chi connectivity index (χ2n) is 8.01. The Hall–Kier alpha value is -2.88. The van der Waals surface area contributed by atoms with E-state index in [0.29, 0.717) is 42.9 Å². The Morgan fingerprint density at radius 1 is 1.03 bits per heavy atom. The molecule has 1 saturated heterocycles. The molecule has 10 heteroatoms. The molecule has 4 rings (SSSR count). The van der Waals surface area contributed by atoms with Gasteiger partial charge in [0.2, 0.25) is 17.6 Å². The van der Waals surface area contributed by atoms with Crippen molar-refractivity contribution in [3.63, 3.8) is 0 Å². The lowest BCUT2D eigenvalue weighted by molar-refractivity contribution is -0.121. The van der Waals surface area contributed by atoms with Crippen molar-refractivity contribution < 1.29 is 18.1 Å².